The number of benzene rings is 1. The summed E-state index contributed by atoms with van der Waals surface area (Å²) >= 11 is 0. The molecule has 1 heterocycles. The molecule has 0 radical (unpaired) electrons. The Morgan fingerprint density at radius 2 is 2.06 bits per heavy atom. The zero-order chi connectivity index (χ0) is 13.2. The molecule has 0 unspecified atom stereocenters. The molecule has 18 heavy (non-hydrogen) atoms. The summed E-state index contributed by atoms with van der Waals surface area (Å²) in [6.45, 7) is 6.80. The molecule has 0 bridgehead atoms. The van der Waals surface area contributed by atoms with Crippen LogP contribution >= 0.6 is 0 Å². The van der Waals surface area contributed by atoms with E-state index >= 15 is 0 Å². The Bertz CT molecular complexity index is 465. The molecular formula is C15H21N3. The highest BCUT2D eigenvalue weighted by atomic mass is 15.1. The molecule has 1 aromatic rings. The van der Waals surface area contributed by atoms with Crippen LogP contribution in [0.4, 0.5) is 11.4 Å². The van der Waals surface area contributed by atoms with Gasteiger partial charge in [-0.25, -0.2) is 0 Å². The highest BCUT2D eigenvalue weighted by molar-refractivity contribution is 5.63. The third kappa shape index (κ3) is 2.43. The van der Waals surface area contributed by atoms with E-state index in [0.717, 1.165) is 18.8 Å². The van der Waals surface area contributed by atoms with Crippen molar-refractivity contribution in [3.63, 3.8) is 0 Å². The van der Waals surface area contributed by atoms with Crippen LogP contribution in [0.5, 0.6) is 0 Å². The average Bonchev–Trinajstić information content (AvgIpc) is 2.39. The molecule has 3 nitrogen and oxygen atoms in total. The molecule has 0 saturated carbocycles. The van der Waals surface area contributed by atoms with Crippen LogP contribution in [-0.4, -0.2) is 13.1 Å². The summed E-state index contributed by atoms with van der Waals surface area (Å²) in [4.78, 5) is 2.37. The molecule has 1 saturated heterocycles. The van der Waals surface area contributed by atoms with Gasteiger partial charge < -0.3 is 10.6 Å². The molecule has 0 amide bonds. The van der Waals surface area contributed by atoms with E-state index in [1.165, 1.54) is 19.3 Å². The van der Waals surface area contributed by atoms with Crippen molar-refractivity contribution in [1.29, 1.82) is 5.26 Å². The smallest absolute Gasteiger partial charge is 0.101 e. The van der Waals surface area contributed by atoms with Gasteiger partial charge in [-0.15, -0.1) is 0 Å². The second-order valence-electron chi connectivity index (χ2n) is 5.53. The van der Waals surface area contributed by atoms with Crippen molar-refractivity contribution in [2.24, 2.45) is 5.41 Å². The van der Waals surface area contributed by atoms with E-state index in [1.807, 2.05) is 18.2 Å². The summed E-state index contributed by atoms with van der Waals surface area (Å²) in [5, 5.41) is 8.88. The van der Waals surface area contributed by atoms with E-state index in [-0.39, 0.29) is 0 Å². The number of nitrogen functional groups attached to an aromatic ring is 1. The normalized spacial score (nSPS) is 18.4. The van der Waals surface area contributed by atoms with Gasteiger partial charge in [-0.2, -0.15) is 5.26 Å². The van der Waals surface area contributed by atoms with Crippen LogP contribution < -0.4 is 10.6 Å². The third-order valence-electron chi connectivity index (χ3n) is 4.34. The molecule has 2 rings (SSSR count). The van der Waals surface area contributed by atoms with Gasteiger partial charge in [0.15, 0.2) is 0 Å². The van der Waals surface area contributed by atoms with E-state index in [0.29, 0.717) is 16.7 Å². The number of rotatable bonds is 2. The van der Waals surface area contributed by atoms with Gasteiger partial charge in [0, 0.05) is 18.8 Å². The molecule has 1 fully saturated rings. The van der Waals surface area contributed by atoms with Crippen molar-refractivity contribution in [3.05, 3.63) is 23.8 Å². The molecule has 0 aliphatic carbocycles. The van der Waals surface area contributed by atoms with E-state index in [1.54, 1.807) is 0 Å². The minimum Gasteiger partial charge on any atom is -0.398 e. The molecule has 0 aromatic heterocycles. The number of hydrogen-bond acceptors (Lipinski definition) is 3. The van der Waals surface area contributed by atoms with Gasteiger partial charge in [-0.3, -0.25) is 0 Å². The van der Waals surface area contributed by atoms with Gasteiger partial charge in [-0.1, -0.05) is 20.3 Å². The van der Waals surface area contributed by atoms with Crippen LogP contribution in [0.1, 0.15) is 38.7 Å². The summed E-state index contributed by atoms with van der Waals surface area (Å²) in [7, 11) is 0. The fraction of sp³-hybridized carbons (Fsp3) is 0.533. The number of nitrogens with zero attached hydrogens (tertiary/aromatic N) is 2. The van der Waals surface area contributed by atoms with E-state index in [4.69, 9.17) is 11.0 Å². The van der Waals surface area contributed by atoms with Crippen LogP contribution in [0.2, 0.25) is 0 Å². The summed E-state index contributed by atoms with van der Waals surface area (Å²) in [6, 6.07) is 7.85. The van der Waals surface area contributed by atoms with E-state index in [2.05, 4.69) is 24.8 Å². The van der Waals surface area contributed by atoms with Gasteiger partial charge in [0.2, 0.25) is 0 Å². The predicted octanol–water partition coefficient (Wildman–Crippen LogP) is 3.16. The summed E-state index contributed by atoms with van der Waals surface area (Å²) in [5.74, 6) is 0. The monoisotopic (exact) mass is 243 g/mol. The highest BCUT2D eigenvalue weighted by Gasteiger charge is 2.28. The molecule has 0 atom stereocenters. The van der Waals surface area contributed by atoms with Crippen LogP contribution in [0.15, 0.2) is 18.2 Å². The standard InChI is InChI=1S/C15H21N3/c1-3-15(2)6-8-18(9-7-15)13-5-4-12(11-16)14(17)10-13/h4-5,10H,3,6-9,17H2,1-2H3. The van der Waals surface area contributed by atoms with E-state index < -0.39 is 0 Å². The summed E-state index contributed by atoms with van der Waals surface area (Å²) < 4.78 is 0. The Morgan fingerprint density at radius 1 is 1.39 bits per heavy atom. The first kappa shape index (κ1) is 12.8. The number of piperidine rings is 1. The molecule has 96 valence electrons. The van der Waals surface area contributed by atoms with Crippen molar-refractivity contribution in [1.82, 2.24) is 0 Å². The Morgan fingerprint density at radius 3 is 2.56 bits per heavy atom. The zero-order valence-corrected chi connectivity index (χ0v) is 11.2. The minimum atomic E-state index is 0.495. The maximum Gasteiger partial charge on any atom is 0.101 e. The molecule has 3 heteroatoms. The maximum atomic E-state index is 8.88. The minimum absolute atomic E-state index is 0.495. The van der Waals surface area contributed by atoms with Crippen molar-refractivity contribution in [2.75, 3.05) is 23.7 Å². The van der Waals surface area contributed by atoms with Crippen molar-refractivity contribution < 1.29 is 0 Å². The van der Waals surface area contributed by atoms with Crippen molar-refractivity contribution in [3.8, 4) is 6.07 Å². The second kappa shape index (κ2) is 4.89. The molecule has 0 spiro atoms. The SMILES string of the molecule is CCC1(C)CCN(c2ccc(C#N)c(N)c2)CC1. The van der Waals surface area contributed by atoms with Crippen molar-refractivity contribution >= 4 is 11.4 Å². The topological polar surface area (TPSA) is 53.0 Å². The number of anilines is 2. The lowest BCUT2D eigenvalue weighted by atomic mass is 9.78. The first-order chi connectivity index (χ1) is 8.58. The predicted molar refractivity (Wildman–Crippen MR) is 75.4 cm³/mol. The third-order valence-corrected chi connectivity index (χ3v) is 4.34. The molecule has 1 aromatic carbocycles. The van der Waals surface area contributed by atoms with E-state index in [9.17, 15) is 0 Å². The fourth-order valence-electron chi connectivity index (χ4n) is 2.51. The number of nitrogens with two attached hydrogens (primary N) is 1. The molecule has 1 aliphatic rings. The van der Waals surface area contributed by atoms with Crippen LogP contribution in [0, 0.1) is 16.7 Å². The lowest BCUT2D eigenvalue weighted by molar-refractivity contribution is 0.238. The number of hydrogen-bond donors (Lipinski definition) is 1. The fourth-order valence-corrected chi connectivity index (χ4v) is 2.51. The van der Waals surface area contributed by atoms with Crippen LogP contribution in [0.3, 0.4) is 0 Å². The second-order valence-corrected chi connectivity index (χ2v) is 5.53. The first-order valence-corrected chi connectivity index (χ1v) is 6.62. The van der Waals surface area contributed by atoms with Gasteiger partial charge in [0.05, 0.1) is 11.3 Å². The Hall–Kier alpha value is -1.69. The first-order valence-electron chi connectivity index (χ1n) is 6.62. The van der Waals surface area contributed by atoms with Crippen LogP contribution in [0.25, 0.3) is 0 Å². The van der Waals surface area contributed by atoms with Gasteiger partial charge in [0.25, 0.3) is 0 Å². The van der Waals surface area contributed by atoms with Gasteiger partial charge >= 0.3 is 0 Å². The molecular weight excluding hydrogens is 222 g/mol. The molecule has 1 aliphatic heterocycles. The highest BCUT2D eigenvalue weighted by Crippen LogP contribution is 2.36. The summed E-state index contributed by atoms with van der Waals surface area (Å²) in [5.41, 5.74) is 8.65. The lowest BCUT2D eigenvalue weighted by Crippen LogP contribution is -2.38. The lowest BCUT2D eigenvalue weighted by Gasteiger charge is -2.40. The van der Waals surface area contributed by atoms with Gasteiger partial charge in [-0.05, 0) is 36.5 Å². The largest absolute Gasteiger partial charge is 0.398 e. The zero-order valence-electron chi connectivity index (χ0n) is 11.2. The quantitative estimate of drug-likeness (QED) is 0.812. The van der Waals surface area contributed by atoms with Gasteiger partial charge in [0.1, 0.15) is 6.07 Å². The Kier molecular flexibility index (Phi) is 3.47. The Balaban J connectivity index is 2.11. The summed E-state index contributed by atoms with van der Waals surface area (Å²) in [6.07, 6.45) is 3.70. The number of nitriles is 1. The average molecular weight is 243 g/mol. The maximum absolute atomic E-state index is 8.88. The molecule has 2 N–H and O–H groups in total. The Labute approximate surface area is 109 Å². The van der Waals surface area contributed by atoms with Crippen LogP contribution in [-0.2, 0) is 0 Å². The van der Waals surface area contributed by atoms with Crippen molar-refractivity contribution in [2.45, 2.75) is 33.1 Å².